The minimum atomic E-state index is -0.517. The summed E-state index contributed by atoms with van der Waals surface area (Å²) in [6, 6.07) is 1.65. The minimum Gasteiger partial charge on any atom is -0.364 e. The Morgan fingerprint density at radius 1 is 1.73 bits per heavy atom. The number of amides is 1. The molecular formula is C6H7N2O2P. The Morgan fingerprint density at radius 2 is 2.45 bits per heavy atom. The van der Waals surface area contributed by atoms with Crippen LogP contribution >= 0.6 is 7.92 Å². The van der Waals surface area contributed by atoms with Crippen molar-refractivity contribution in [2.24, 2.45) is 5.73 Å². The number of carbonyl (C=O) groups excluding carboxylic acids is 1. The molecule has 0 atom stereocenters. The highest BCUT2D eigenvalue weighted by Gasteiger charge is 2.27. The summed E-state index contributed by atoms with van der Waals surface area (Å²) in [6.45, 7) is 0. The summed E-state index contributed by atoms with van der Waals surface area (Å²) in [5.41, 5.74) is 6.09. The van der Waals surface area contributed by atoms with E-state index < -0.39 is 5.91 Å². The Morgan fingerprint density at radius 3 is 2.91 bits per heavy atom. The molecule has 0 aromatic carbocycles. The summed E-state index contributed by atoms with van der Waals surface area (Å²) >= 11 is 0. The molecule has 1 aliphatic rings. The molecule has 1 aliphatic heterocycles. The maximum atomic E-state index is 10.6. The van der Waals surface area contributed by atoms with Crippen molar-refractivity contribution in [1.82, 2.24) is 5.16 Å². The van der Waals surface area contributed by atoms with Crippen molar-refractivity contribution < 1.29 is 9.32 Å². The van der Waals surface area contributed by atoms with Gasteiger partial charge in [0, 0.05) is 6.07 Å². The summed E-state index contributed by atoms with van der Waals surface area (Å²) in [4.78, 5) is 10.6. The first-order valence-electron chi connectivity index (χ1n) is 3.29. The molecule has 4 nitrogen and oxygen atoms in total. The van der Waals surface area contributed by atoms with Crippen molar-refractivity contribution in [1.29, 1.82) is 0 Å². The van der Waals surface area contributed by atoms with E-state index in [-0.39, 0.29) is 13.6 Å². The van der Waals surface area contributed by atoms with E-state index in [0.717, 1.165) is 5.50 Å². The number of nitrogens with two attached hydrogens (primary N) is 1. The van der Waals surface area contributed by atoms with Gasteiger partial charge in [0.1, 0.15) is 0 Å². The lowest BCUT2D eigenvalue weighted by molar-refractivity contribution is 0.0992. The largest absolute Gasteiger partial charge is 0.364 e. The summed E-state index contributed by atoms with van der Waals surface area (Å²) in [6.07, 6.45) is 2.39. The lowest BCUT2D eigenvalue weighted by Crippen LogP contribution is -2.11. The fourth-order valence-electron chi connectivity index (χ4n) is 0.801. The van der Waals surface area contributed by atoms with Gasteiger partial charge in [-0.2, -0.15) is 0 Å². The first kappa shape index (κ1) is 6.80. The van der Waals surface area contributed by atoms with E-state index in [1.165, 1.54) is 12.3 Å². The molecule has 1 fully saturated rings. The highest BCUT2D eigenvalue weighted by Crippen LogP contribution is 2.48. The number of primary amides is 1. The predicted octanol–water partition coefficient (Wildman–Crippen LogP) is -0.106. The molecule has 1 aromatic rings. The fourth-order valence-corrected chi connectivity index (χ4v) is 2.10. The Bertz CT molecular complexity index is 293. The molecule has 11 heavy (non-hydrogen) atoms. The molecule has 1 amide bonds. The number of aromatic nitrogens is 1. The van der Waals surface area contributed by atoms with E-state index in [2.05, 4.69) is 5.16 Å². The lowest BCUT2D eigenvalue weighted by Gasteiger charge is -1.81. The van der Waals surface area contributed by atoms with Crippen LogP contribution in [-0.4, -0.2) is 23.4 Å². The Kier molecular flexibility index (Phi) is 1.43. The van der Waals surface area contributed by atoms with Crippen molar-refractivity contribution >= 4 is 19.3 Å². The summed E-state index contributed by atoms with van der Waals surface area (Å²) in [7, 11) is -0.0865. The fraction of sp³-hybridized carbons (Fsp3) is 0.333. The molecule has 58 valence electrons. The molecule has 0 spiro atoms. The first-order valence-corrected chi connectivity index (χ1v) is 5.00. The van der Waals surface area contributed by atoms with Crippen LogP contribution in [0.2, 0.25) is 0 Å². The Hall–Kier alpha value is -0.890. The van der Waals surface area contributed by atoms with Crippen LogP contribution in [0.1, 0.15) is 10.5 Å². The Labute approximate surface area is 64.5 Å². The number of hydrogen-bond donors (Lipinski definition) is 1. The molecule has 0 aliphatic carbocycles. The average Bonchev–Trinajstić information content (AvgIpc) is 2.68. The summed E-state index contributed by atoms with van der Waals surface area (Å²) < 4.78 is 4.93. The van der Waals surface area contributed by atoms with Crippen molar-refractivity contribution in [3.8, 4) is 0 Å². The summed E-state index contributed by atoms with van der Waals surface area (Å²) in [5, 5.41) is 3.54. The molecule has 0 bridgehead atoms. The second-order valence-electron chi connectivity index (χ2n) is 2.40. The Balaban J connectivity index is 2.25. The van der Waals surface area contributed by atoms with Crippen LogP contribution in [0.3, 0.4) is 0 Å². The van der Waals surface area contributed by atoms with Gasteiger partial charge in [0.25, 0.3) is 5.91 Å². The third kappa shape index (κ3) is 1.26. The number of rotatable bonds is 2. The van der Waals surface area contributed by atoms with Crippen molar-refractivity contribution in [2.45, 2.75) is 0 Å². The standard InChI is InChI=1S/C6H7N2O2P/c7-6(9)4-3-5(10-8-4)11-1-2-11/h3H,1-2H2,(H2,7,9). The van der Waals surface area contributed by atoms with Crippen LogP contribution < -0.4 is 11.2 Å². The highest BCUT2D eigenvalue weighted by molar-refractivity contribution is 7.72. The quantitative estimate of drug-likeness (QED) is 0.630. The normalized spacial score (nSPS) is 16.7. The van der Waals surface area contributed by atoms with Gasteiger partial charge < -0.3 is 10.3 Å². The maximum absolute atomic E-state index is 10.6. The zero-order chi connectivity index (χ0) is 7.84. The van der Waals surface area contributed by atoms with Crippen LogP contribution in [0.4, 0.5) is 0 Å². The van der Waals surface area contributed by atoms with Crippen LogP contribution in [0, 0.1) is 0 Å². The minimum absolute atomic E-state index is 0.0865. The van der Waals surface area contributed by atoms with Crippen LogP contribution in [0.15, 0.2) is 10.6 Å². The van der Waals surface area contributed by atoms with Gasteiger partial charge in [0.15, 0.2) is 11.2 Å². The van der Waals surface area contributed by atoms with E-state index >= 15 is 0 Å². The SMILES string of the molecule is NC(=O)c1cc(P2CC2)on1. The van der Waals surface area contributed by atoms with Gasteiger partial charge in [0.05, 0.1) is 0 Å². The second-order valence-corrected chi connectivity index (χ2v) is 4.82. The zero-order valence-electron chi connectivity index (χ0n) is 5.78. The molecular weight excluding hydrogens is 163 g/mol. The van der Waals surface area contributed by atoms with Crippen molar-refractivity contribution in [3.05, 3.63) is 11.8 Å². The lowest BCUT2D eigenvalue weighted by atomic mass is 10.4. The predicted molar refractivity (Wildman–Crippen MR) is 41.3 cm³/mol. The molecule has 0 saturated carbocycles. The van der Waals surface area contributed by atoms with Gasteiger partial charge >= 0.3 is 0 Å². The van der Waals surface area contributed by atoms with Gasteiger partial charge in [-0.1, -0.05) is 5.16 Å². The van der Waals surface area contributed by atoms with E-state index in [0.29, 0.717) is 0 Å². The molecule has 2 heterocycles. The van der Waals surface area contributed by atoms with Crippen LogP contribution in [-0.2, 0) is 0 Å². The number of carbonyl (C=O) groups is 1. The molecule has 0 radical (unpaired) electrons. The first-order chi connectivity index (χ1) is 5.27. The van der Waals surface area contributed by atoms with Gasteiger partial charge in [-0.25, -0.2) is 0 Å². The van der Waals surface area contributed by atoms with Crippen LogP contribution in [0.25, 0.3) is 0 Å². The van der Waals surface area contributed by atoms with E-state index in [4.69, 9.17) is 10.3 Å². The van der Waals surface area contributed by atoms with E-state index in [1.54, 1.807) is 6.07 Å². The zero-order valence-corrected chi connectivity index (χ0v) is 6.67. The maximum Gasteiger partial charge on any atom is 0.270 e. The molecule has 0 unspecified atom stereocenters. The number of hydrogen-bond acceptors (Lipinski definition) is 3. The number of nitrogens with zero attached hydrogens (tertiary/aromatic N) is 1. The molecule has 1 aromatic heterocycles. The second kappa shape index (κ2) is 2.31. The monoisotopic (exact) mass is 170 g/mol. The molecule has 2 rings (SSSR count). The van der Waals surface area contributed by atoms with Crippen molar-refractivity contribution in [2.75, 3.05) is 12.3 Å². The van der Waals surface area contributed by atoms with Gasteiger partial charge in [-0.05, 0) is 20.2 Å². The van der Waals surface area contributed by atoms with Gasteiger partial charge in [-0.3, -0.25) is 4.79 Å². The van der Waals surface area contributed by atoms with Gasteiger partial charge in [0.2, 0.25) is 0 Å². The topological polar surface area (TPSA) is 69.1 Å². The third-order valence-electron chi connectivity index (χ3n) is 1.51. The smallest absolute Gasteiger partial charge is 0.270 e. The van der Waals surface area contributed by atoms with E-state index in [9.17, 15) is 4.79 Å². The van der Waals surface area contributed by atoms with Crippen LogP contribution in [0.5, 0.6) is 0 Å². The molecule has 2 N–H and O–H groups in total. The van der Waals surface area contributed by atoms with E-state index in [1.807, 2.05) is 0 Å². The van der Waals surface area contributed by atoms with Crippen molar-refractivity contribution in [3.63, 3.8) is 0 Å². The van der Waals surface area contributed by atoms with Gasteiger partial charge in [-0.15, -0.1) is 0 Å². The highest BCUT2D eigenvalue weighted by atomic mass is 31.1. The molecule has 5 heteroatoms. The third-order valence-corrected chi connectivity index (χ3v) is 3.24. The average molecular weight is 170 g/mol. The summed E-state index contributed by atoms with van der Waals surface area (Å²) in [5.74, 6) is -0.517. The molecule has 1 saturated heterocycles.